The van der Waals surface area contributed by atoms with Gasteiger partial charge in [0.15, 0.2) is 0 Å². The number of nitrogens with zero attached hydrogens (tertiary/aromatic N) is 1. The van der Waals surface area contributed by atoms with Crippen LogP contribution in [-0.2, 0) is 12.6 Å². The van der Waals surface area contributed by atoms with E-state index in [-0.39, 0.29) is 11.5 Å². The number of ether oxygens (including phenoxy) is 1. The Morgan fingerprint density at radius 2 is 1.79 bits per heavy atom. The molecule has 1 heterocycles. The number of aryl methyl sites for hydroxylation is 1. The topological polar surface area (TPSA) is 62.6 Å². The third-order valence-electron chi connectivity index (χ3n) is 11.3. The number of hydrogen-bond donors (Lipinski definition) is 2. The lowest BCUT2D eigenvalue weighted by Crippen LogP contribution is -2.47. The van der Waals surface area contributed by atoms with Crippen molar-refractivity contribution in [1.29, 1.82) is 0 Å². The molecule has 8 heteroatoms. The summed E-state index contributed by atoms with van der Waals surface area (Å²) in [5.41, 5.74) is 3.55. The van der Waals surface area contributed by atoms with Crippen LogP contribution in [0.5, 0.6) is 11.5 Å². The van der Waals surface area contributed by atoms with Crippen LogP contribution in [0.4, 0.5) is 13.2 Å². The Kier molecular flexibility index (Phi) is 8.94. The van der Waals surface area contributed by atoms with Crippen LogP contribution in [0.3, 0.4) is 0 Å². The number of halogens is 3. The lowest BCUT2D eigenvalue weighted by Gasteiger charge is -2.54. The zero-order chi connectivity index (χ0) is 32.8. The summed E-state index contributed by atoms with van der Waals surface area (Å²) in [5, 5.41) is 22.1. The van der Waals surface area contributed by atoms with Gasteiger partial charge in [0.1, 0.15) is 11.5 Å². The largest absolute Gasteiger partial charge is 0.508 e. The first-order valence-electron chi connectivity index (χ1n) is 16.9. The van der Waals surface area contributed by atoms with Gasteiger partial charge in [0.25, 0.3) is 0 Å². The fourth-order valence-corrected chi connectivity index (χ4v) is 10.0. The second-order valence-electron chi connectivity index (χ2n) is 14.0. The number of rotatable bonds is 9. The molecule has 248 valence electrons. The SMILES string of the molecule is C[C@]12C[C@H](c3ccc(OCCCCCSc4ccnc5cc(C(F)(F)F)ccc45)cc3)[C@@H]3c4ccc(O)cc4CC[C@H]3[C@@H]1CC[C@@H]2O. The van der Waals surface area contributed by atoms with E-state index < -0.39 is 11.7 Å². The molecule has 0 spiro atoms. The minimum atomic E-state index is -4.38. The fraction of sp³-hybridized carbons (Fsp3) is 0.462. The van der Waals surface area contributed by atoms with E-state index in [4.69, 9.17) is 4.74 Å². The van der Waals surface area contributed by atoms with Gasteiger partial charge >= 0.3 is 6.18 Å². The predicted molar refractivity (Wildman–Crippen MR) is 180 cm³/mol. The van der Waals surface area contributed by atoms with Crippen molar-refractivity contribution in [2.24, 2.45) is 17.3 Å². The molecule has 2 N–H and O–H groups in total. The highest BCUT2D eigenvalue weighted by molar-refractivity contribution is 7.99. The Balaban J connectivity index is 0.940. The number of aromatic nitrogens is 1. The molecule has 4 aromatic rings. The number of alkyl halides is 3. The van der Waals surface area contributed by atoms with Gasteiger partial charge in [-0.2, -0.15) is 13.2 Å². The van der Waals surface area contributed by atoms with Gasteiger partial charge in [0.2, 0.25) is 0 Å². The van der Waals surface area contributed by atoms with Crippen molar-refractivity contribution in [1.82, 2.24) is 4.98 Å². The Morgan fingerprint density at radius 1 is 0.957 bits per heavy atom. The van der Waals surface area contributed by atoms with Crippen LogP contribution in [0.2, 0.25) is 0 Å². The minimum absolute atomic E-state index is 0.0745. The maximum atomic E-state index is 13.1. The van der Waals surface area contributed by atoms with E-state index in [1.807, 2.05) is 18.2 Å². The molecule has 3 aromatic carbocycles. The number of benzene rings is 3. The van der Waals surface area contributed by atoms with Gasteiger partial charge in [0.05, 0.1) is 23.8 Å². The van der Waals surface area contributed by atoms with Crippen LogP contribution in [0.1, 0.15) is 86.0 Å². The number of hydrogen-bond acceptors (Lipinski definition) is 5. The molecule has 2 fully saturated rings. The van der Waals surface area contributed by atoms with Crippen molar-refractivity contribution in [3.8, 4) is 11.5 Å². The van der Waals surface area contributed by atoms with Gasteiger partial charge < -0.3 is 14.9 Å². The Bertz CT molecular complexity index is 1730. The van der Waals surface area contributed by atoms with Crippen LogP contribution >= 0.6 is 11.8 Å². The molecule has 4 nitrogen and oxygen atoms in total. The molecule has 0 saturated heterocycles. The first-order valence-corrected chi connectivity index (χ1v) is 17.9. The number of unbranched alkanes of at least 4 members (excludes halogenated alkanes) is 2. The number of phenolic OH excluding ortho intramolecular Hbond substituents is 1. The average Bonchev–Trinajstić information content (AvgIpc) is 3.36. The summed E-state index contributed by atoms with van der Waals surface area (Å²) in [7, 11) is 0. The normalized spacial score (nSPS) is 26.9. The van der Waals surface area contributed by atoms with Crippen molar-refractivity contribution in [3.63, 3.8) is 0 Å². The molecule has 2 saturated carbocycles. The summed E-state index contributed by atoms with van der Waals surface area (Å²) in [6.45, 7) is 2.94. The molecule has 0 bridgehead atoms. The van der Waals surface area contributed by atoms with Gasteiger partial charge in [-0.15, -0.1) is 11.8 Å². The Hall–Kier alpha value is -3.23. The minimum Gasteiger partial charge on any atom is -0.508 e. The van der Waals surface area contributed by atoms with Crippen molar-refractivity contribution in [2.45, 2.75) is 87.3 Å². The van der Waals surface area contributed by atoms with Crippen molar-refractivity contribution < 1.29 is 28.1 Å². The monoisotopic (exact) mass is 661 g/mol. The Labute approximate surface area is 278 Å². The third-order valence-corrected chi connectivity index (χ3v) is 12.5. The summed E-state index contributed by atoms with van der Waals surface area (Å²) in [5.74, 6) is 3.80. The highest BCUT2D eigenvalue weighted by atomic mass is 32.2. The molecule has 6 atom stereocenters. The van der Waals surface area contributed by atoms with Gasteiger partial charge in [0, 0.05) is 16.5 Å². The Morgan fingerprint density at radius 3 is 2.60 bits per heavy atom. The summed E-state index contributed by atoms with van der Waals surface area (Å²) in [4.78, 5) is 5.10. The molecule has 0 radical (unpaired) electrons. The lowest BCUT2D eigenvalue weighted by molar-refractivity contribution is -0.137. The summed E-state index contributed by atoms with van der Waals surface area (Å²) in [6, 6.07) is 20.2. The molecular formula is C39H42F3NO3S. The summed E-state index contributed by atoms with van der Waals surface area (Å²) < 4.78 is 45.4. The molecule has 7 rings (SSSR count). The number of fused-ring (bicyclic) bond motifs is 6. The molecule has 1 aromatic heterocycles. The zero-order valence-electron chi connectivity index (χ0n) is 26.7. The van der Waals surface area contributed by atoms with E-state index in [9.17, 15) is 23.4 Å². The van der Waals surface area contributed by atoms with Crippen LogP contribution in [-0.4, -0.2) is 33.7 Å². The smallest absolute Gasteiger partial charge is 0.416 e. The van der Waals surface area contributed by atoms with E-state index >= 15 is 0 Å². The molecule has 0 amide bonds. The second kappa shape index (κ2) is 13.0. The van der Waals surface area contributed by atoms with Crippen molar-refractivity contribution >= 4 is 22.7 Å². The highest BCUT2D eigenvalue weighted by Gasteiger charge is 2.57. The number of aromatic hydroxyl groups is 1. The van der Waals surface area contributed by atoms with E-state index in [2.05, 4.69) is 42.2 Å². The van der Waals surface area contributed by atoms with Crippen LogP contribution in [0, 0.1) is 17.3 Å². The maximum Gasteiger partial charge on any atom is 0.416 e. The lowest BCUT2D eigenvalue weighted by atomic mass is 9.51. The quantitative estimate of drug-likeness (QED) is 0.138. The number of pyridine rings is 1. The van der Waals surface area contributed by atoms with Gasteiger partial charge in [-0.3, -0.25) is 4.98 Å². The fourth-order valence-electron chi connectivity index (χ4n) is 8.98. The van der Waals surface area contributed by atoms with Crippen LogP contribution in [0.15, 0.2) is 77.8 Å². The van der Waals surface area contributed by atoms with E-state index in [0.717, 1.165) is 85.3 Å². The standard InChI is InChI=1S/C39H42F3NO3S/c1-38-23-32(37-29-14-9-27(44)21-25(29)7-12-30(37)33(38)15-16-36(38)45)24-5-10-28(11-6-24)46-19-3-2-4-20-47-35-17-18-43-34-22-26(39(40,41)42)8-13-31(34)35/h5-6,8-11,13-14,17-18,21-22,30,32-33,36-37,44-45H,2-4,7,12,15-16,19-20,23H2,1H3/t30-,32+,33-,36-,37+,38-/m0/s1. The second-order valence-corrected chi connectivity index (χ2v) is 15.1. The van der Waals surface area contributed by atoms with Gasteiger partial charge in [-0.25, -0.2) is 0 Å². The van der Waals surface area contributed by atoms with Gasteiger partial charge in [-0.1, -0.05) is 31.2 Å². The van der Waals surface area contributed by atoms with E-state index in [1.165, 1.54) is 22.8 Å². The zero-order valence-corrected chi connectivity index (χ0v) is 27.5. The number of aliphatic hydroxyl groups excluding tert-OH is 1. The van der Waals surface area contributed by atoms with E-state index in [0.29, 0.717) is 41.5 Å². The first kappa shape index (κ1) is 32.3. The summed E-state index contributed by atoms with van der Waals surface area (Å²) in [6.07, 6.45) is 4.86. The van der Waals surface area contributed by atoms with Gasteiger partial charge in [-0.05, 0) is 145 Å². The van der Waals surface area contributed by atoms with Crippen LogP contribution in [0.25, 0.3) is 10.9 Å². The molecule has 0 unspecified atom stereocenters. The average molecular weight is 662 g/mol. The molecule has 47 heavy (non-hydrogen) atoms. The summed E-state index contributed by atoms with van der Waals surface area (Å²) >= 11 is 1.65. The molecule has 3 aliphatic carbocycles. The maximum absolute atomic E-state index is 13.1. The molecule has 3 aliphatic rings. The van der Waals surface area contributed by atoms with Crippen molar-refractivity contribution in [3.05, 3.63) is 95.2 Å². The predicted octanol–water partition coefficient (Wildman–Crippen LogP) is 9.91. The molecule has 0 aliphatic heterocycles. The third kappa shape index (κ3) is 6.35. The molecular weight excluding hydrogens is 619 g/mol. The first-order chi connectivity index (χ1) is 22.6. The number of phenols is 1. The van der Waals surface area contributed by atoms with Crippen molar-refractivity contribution in [2.75, 3.05) is 12.4 Å². The highest BCUT2D eigenvalue weighted by Crippen LogP contribution is 2.65. The number of aliphatic hydroxyl groups is 1. The number of thioether (sulfide) groups is 1. The van der Waals surface area contributed by atoms with E-state index in [1.54, 1.807) is 18.0 Å². The van der Waals surface area contributed by atoms with Crippen LogP contribution < -0.4 is 4.74 Å².